The highest BCUT2D eigenvalue weighted by Gasteiger charge is 2.17. The third-order valence-electron chi connectivity index (χ3n) is 2.47. The van der Waals surface area contributed by atoms with Crippen LogP contribution in [0, 0.1) is 18.3 Å². The fourth-order valence-corrected chi connectivity index (χ4v) is 2.46. The van der Waals surface area contributed by atoms with Gasteiger partial charge in [0.05, 0.1) is 18.3 Å². The summed E-state index contributed by atoms with van der Waals surface area (Å²) < 4.78 is 9.54. The summed E-state index contributed by atoms with van der Waals surface area (Å²) in [5, 5.41) is 13.2. The van der Waals surface area contributed by atoms with Crippen molar-refractivity contribution in [2.45, 2.75) is 25.8 Å². The van der Waals surface area contributed by atoms with Gasteiger partial charge in [-0.25, -0.2) is 0 Å². The molecule has 1 saturated heterocycles. The maximum Gasteiger partial charge on any atom is 0.128 e. The van der Waals surface area contributed by atoms with Gasteiger partial charge in [0.1, 0.15) is 16.6 Å². The van der Waals surface area contributed by atoms with Crippen LogP contribution in [0.3, 0.4) is 0 Å². The third kappa shape index (κ3) is 2.28. The van der Waals surface area contributed by atoms with E-state index in [0.717, 1.165) is 36.8 Å². The van der Waals surface area contributed by atoms with Gasteiger partial charge >= 0.3 is 0 Å². The molecule has 1 aromatic rings. The molecule has 1 unspecified atom stereocenters. The molecule has 15 heavy (non-hydrogen) atoms. The van der Waals surface area contributed by atoms with Crippen LogP contribution in [0.25, 0.3) is 0 Å². The quantitative estimate of drug-likeness (QED) is 0.832. The van der Waals surface area contributed by atoms with Crippen LogP contribution in [0.2, 0.25) is 0 Å². The van der Waals surface area contributed by atoms with Crippen LogP contribution in [-0.2, 0) is 4.74 Å². The molecule has 5 heteroatoms. The van der Waals surface area contributed by atoms with E-state index in [1.54, 1.807) is 0 Å². The first-order chi connectivity index (χ1) is 7.31. The molecule has 80 valence electrons. The molecule has 1 N–H and O–H groups in total. The second-order valence-corrected chi connectivity index (χ2v) is 4.42. The highest BCUT2D eigenvalue weighted by Crippen LogP contribution is 2.25. The Hall–Kier alpha value is -1.12. The Morgan fingerprint density at radius 2 is 2.53 bits per heavy atom. The van der Waals surface area contributed by atoms with Crippen molar-refractivity contribution in [2.75, 3.05) is 18.5 Å². The van der Waals surface area contributed by atoms with Crippen LogP contribution in [0.5, 0.6) is 0 Å². The summed E-state index contributed by atoms with van der Waals surface area (Å²) in [6.07, 6.45) is 2.18. The summed E-state index contributed by atoms with van der Waals surface area (Å²) >= 11 is 1.36. The summed E-state index contributed by atoms with van der Waals surface area (Å²) in [7, 11) is 0. The molecule has 1 aromatic heterocycles. The number of nitrogens with zero attached hydrogens (tertiary/aromatic N) is 2. The van der Waals surface area contributed by atoms with E-state index in [1.807, 2.05) is 6.92 Å². The van der Waals surface area contributed by atoms with Crippen molar-refractivity contribution in [1.82, 2.24) is 4.37 Å². The number of anilines is 1. The SMILES string of the molecule is Cc1nsc(NC2CCCOC2)c1C#N. The number of ether oxygens (including phenoxy) is 1. The zero-order valence-corrected chi connectivity index (χ0v) is 9.43. The Balaban J connectivity index is 2.06. The van der Waals surface area contributed by atoms with E-state index in [1.165, 1.54) is 11.5 Å². The second kappa shape index (κ2) is 4.60. The molecule has 1 aliphatic rings. The van der Waals surface area contributed by atoms with Crippen LogP contribution in [0.1, 0.15) is 24.1 Å². The Morgan fingerprint density at radius 1 is 1.67 bits per heavy atom. The van der Waals surface area contributed by atoms with E-state index in [2.05, 4.69) is 15.8 Å². The van der Waals surface area contributed by atoms with Gasteiger partial charge in [0.2, 0.25) is 0 Å². The minimum Gasteiger partial charge on any atom is -0.379 e. The van der Waals surface area contributed by atoms with Crippen molar-refractivity contribution in [1.29, 1.82) is 5.26 Å². The zero-order valence-electron chi connectivity index (χ0n) is 8.62. The highest BCUT2D eigenvalue weighted by atomic mass is 32.1. The molecular weight excluding hydrogens is 210 g/mol. The lowest BCUT2D eigenvalue weighted by molar-refractivity contribution is 0.0877. The topological polar surface area (TPSA) is 57.9 Å². The van der Waals surface area contributed by atoms with E-state index < -0.39 is 0 Å². The van der Waals surface area contributed by atoms with Crippen molar-refractivity contribution >= 4 is 16.5 Å². The van der Waals surface area contributed by atoms with E-state index in [0.29, 0.717) is 11.6 Å². The average molecular weight is 223 g/mol. The molecule has 2 heterocycles. The highest BCUT2D eigenvalue weighted by molar-refractivity contribution is 7.10. The van der Waals surface area contributed by atoms with Gasteiger partial charge in [-0.2, -0.15) is 9.64 Å². The number of aromatic nitrogens is 1. The minimum absolute atomic E-state index is 0.325. The monoisotopic (exact) mass is 223 g/mol. The zero-order chi connectivity index (χ0) is 10.7. The average Bonchev–Trinajstić information content (AvgIpc) is 2.61. The third-order valence-corrected chi connectivity index (χ3v) is 3.34. The Kier molecular flexibility index (Phi) is 3.19. The first-order valence-corrected chi connectivity index (χ1v) is 5.79. The van der Waals surface area contributed by atoms with Gasteiger partial charge in [-0.3, -0.25) is 0 Å². The van der Waals surface area contributed by atoms with Crippen LogP contribution < -0.4 is 5.32 Å². The van der Waals surface area contributed by atoms with Gasteiger partial charge in [-0.05, 0) is 31.3 Å². The lowest BCUT2D eigenvalue weighted by Crippen LogP contribution is -2.29. The largest absolute Gasteiger partial charge is 0.379 e. The lowest BCUT2D eigenvalue weighted by Gasteiger charge is -2.23. The molecule has 1 atom stereocenters. The Labute approximate surface area is 93.0 Å². The van der Waals surface area contributed by atoms with E-state index in [-0.39, 0.29) is 0 Å². The van der Waals surface area contributed by atoms with Crippen LogP contribution >= 0.6 is 11.5 Å². The molecule has 2 rings (SSSR count). The van der Waals surface area contributed by atoms with Crippen molar-refractivity contribution in [2.24, 2.45) is 0 Å². The number of hydrogen-bond acceptors (Lipinski definition) is 5. The van der Waals surface area contributed by atoms with Gasteiger partial charge < -0.3 is 10.1 Å². The van der Waals surface area contributed by atoms with Gasteiger partial charge in [0.15, 0.2) is 0 Å². The molecule has 0 aromatic carbocycles. The predicted molar refractivity (Wildman–Crippen MR) is 59.0 cm³/mol. The second-order valence-electron chi connectivity index (χ2n) is 3.64. The molecule has 1 aliphatic heterocycles. The fraction of sp³-hybridized carbons (Fsp3) is 0.600. The van der Waals surface area contributed by atoms with Crippen LogP contribution in [-0.4, -0.2) is 23.6 Å². The maximum atomic E-state index is 8.96. The number of nitrogens with one attached hydrogen (secondary N) is 1. The molecule has 0 spiro atoms. The van der Waals surface area contributed by atoms with E-state index in [9.17, 15) is 0 Å². The summed E-state index contributed by atoms with van der Waals surface area (Å²) in [6, 6.07) is 2.50. The molecule has 0 aliphatic carbocycles. The molecule has 4 nitrogen and oxygen atoms in total. The first kappa shape index (κ1) is 10.4. The number of hydrogen-bond donors (Lipinski definition) is 1. The van der Waals surface area contributed by atoms with Crippen LogP contribution in [0.4, 0.5) is 5.00 Å². The Morgan fingerprint density at radius 3 is 3.20 bits per heavy atom. The van der Waals surface area contributed by atoms with Gasteiger partial charge in [-0.1, -0.05) is 0 Å². The molecule has 0 amide bonds. The maximum absolute atomic E-state index is 8.96. The van der Waals surface area contributed by atoms with Gasteiger partial charge in [0, 0.05) is 6.61 Å². The number of nitriles is 1. The summed E-state index contributed by atoms with van der Waals surface area (Å²) in [4.78, 5) is 0. The van der Waals surface area contributed by atoms with E-state index in [4.69, 9.17) is 10.00 Å². The number of rotatable bonds is 2. The molecule has 0 bridgehead atoms. The smallest absolute Gasteiger partial charge is 0.128 e. The summed E-state index contributed by atoms with van der Waals surface area (Å²) in [6.45, 7) is 3.43. The molecule has 0 saturated carbocycles. The van der Waals surface area contributed by atoms with Gasteiger partial charge in [-0.15, -0.1) is 0 Å². The van der Waals surface area contributed by atoms with Crippen LogP contribution in [0.15, 0.2) is 0 Å². The van der Waals surface area contributed by atoms with E-state index >= 15 is 0 Å². The summed E-state index contributed by atoms with van der Waals surface area (Å²) in [5.74, 6) is 0. The first-order valence-electron chi connectivity index (χ1n) is 5.02. The Bertz CT molecular complexity index is 377. The number of aryl methyl sites for hydroxylation is 1. The van der Waals surface area contributed by atoms with Crippen molar-refractivity contribution in [3.8, 4) is 6.07 Å². The molecule has 1 fully saturated rings. The lowest BCUT2D eigenvalue weighted by atomic mass is 10.1. The predicted octanol–water partition coefficient (Wildman–Crippen LogP) is 1.91. The van der Waals surface area contributed by atoms with Crippen molar-refractivity contribution in [3.63, 3.8) is 0 Å². The standard InChI is InChI=1S/C10H13N3OS/c1-7-9(5-11)10(15-13-7)12-8-3-2-4-14-6-8/h8,12H,2-4,6H2,1H3. The van der Waals surface area contributed by atoms with Gasteiger partial charge in [0.25, 0.3) is 0 Å². The normalized spacial score (nSPS) is 20.9. The van der Waals surface area contributed by atoms with Crippen molar-refractivity contribution < 1.29 is 4.74 Å². The van der Waals surface area contributed by atoms with Crippen molar-refractivity contribution in [3.05, 3.63) is 11.3 Å². The molecule has 0 radical (unpaired) electrons. The summed E-state index contributed by atoms with van der Waals surface area (Å²) in [5.41, 5.74) is 1.48. The molecular formula is C10H13N3OS. The minimum atomic E-state index is 0.325. The fourth-order valence-electron chi connectivity index (χ4n) is 1.64.